The number of likely N-dealkylation sites (tertiary alicyclic amines) is 1. The summed E-state index contributed by atoms with van der Waals surface area (Å²) in [5.41, 5.74) is 0. The summed E-state index contributed by atoms with van der Waals surface area (Å²) < 4.78 is 0. The topological polar surface area (TPSA) is 104 Å². The van der Waals surface area contributed by atoms with Crippen LogP contribution in [0, 0.1) is 11.8 Å². The number of hydrogen-bond donors (Lipinski definition) is 3. The molecule has 0 radical (unpaired) electrons. The molecule has 2 aliphatic rings. The molecule has 0 saturated carbocycles. The van der Waals surface area contributed by atoms with Crippen LogP contribution in [0.4, 0.5) is 0 Å². The minimum absolute atomic E-state index is 0.0785. The highest BCUT2D eigenvalue weighted by molar-refractivity contribution is 7.80. The zero-order chi connectivity index (χ0) is 16.4. The van der Waals surface area contributed by atoms with Crippen LogP contribution in [0.15, 0.2) is 12.2 Å². The SMILES string of the molecule is C[C@@H](C(=O)N[C@@H](CS)C(=O)O)N1C(=O)[C@H]2CC=CC[C@H]2C1=O. The number of hydrogen-bond acceptors (Lipinski definition) is 5. The van der Waals surface area contributed by atoms with Gasteiger partial charge >= 0.3 is 5.97 Å². The van der Waals surface area contributed by atoms with E-state index >= 15 is 0 Å². The van der Waals surface area contributed by atoms with Gasteiger partial charge in [0.25, 0.3) is 0 Å². The van der Waals surface area contributed by atoms with Gasteiger partial charge in [-0.15, -0.1) is 0 Å². The Morgan fingerprint density at radius 3 is 2.23 bits per heavy atom. The predicted octanol–water partition coefficient (Wildman–Crippen LogP) is -0.175. The Bertz CT molecular complexity index is 521. The highest BCUT2D eigenvalue weighted by Crippen LogP contribution is 2.36. The molecule has 120 valence electrons. The number of imide groups is 1. The number of carboxylic acids is 1. The van der Waals surface area contributed by atoms with Crippen molar-refractivity contribution in [2.75, 3.05) is 5.75 Å². The van der Waals surface area contributed by atoms with Gasteiger partial charge in [0, 0.05) is 5.75 Å². The third-order valence-electron chi connectivity index (χ3n) is 4.11. The molecule has 1 saturated heterocycles. The molecule has 0 unspecified atom stereocenters. The molecule has 0 aromatic carbocycles. The monoisotopic (exact) mass is 326 g/mol. The lowest BCUT2D eigenvalue weighted by Gasteiger charge is -2.23. The van der Waals surface area contributed by atoms with Crippen molar-refractivity contribution in [2.24, 2.45) is 11.8 Å². The van der Waals surface area contributed by atoms with Gasteiger partial charge in [0.2, 0.25) is 17.7 Å². The lowest BCUT2D eigenvalue weighted by Crippen LogP contribution is -2.52. The number of carbonyl (C=O) groups is 4. The largest absolute Gasteiger partial charge is 0.480 e. The molecule has 7 nitrogen and oxygen atoms in total. The number of fused-ring (bicyclic) bond motifs is 1. The molecule has 2 rings (SSSR count). The summed E-state index contributed by atoms with van der Waals surface area (Å²) in [7, 11) is 0. The Balaban J connectivity index is 2.10. The number of thiol groups is 1. The first-order valence-electron chi connectivity index (χ1n) is 7.04. The van der Waals surface area contributed by atoms with Crippen molar-refractivity contribution in [2.45, 2.75) is 31.8 Å². The summed E-state index contributed by atoms with van der Waals surface area (Å²) >= 11 is 3.86. The lowest BCUT2D eigenvalue weighted by atomic mass is 9.85. The van der Waals surface area contributed by atoms with E-state index in [0.717, 1.165) is 4.90 Å². The van der Waals surface area contributed by atoms with E-state index in [0.29, 0.717) is 12.8 Å². The Morgan fingerprint density at radius 1 is 1.32 bits per heavy atom. The highest BCUT2D eigenvalue weighted by atomic mass is 32.1. The molecule has 1 heterocycles. The maximum absolute atomic E-state index is 12.3. The molecule has 1 aliphatic heterocycles. The van der Waals surface area contributed by atoms with Crippen LogP contribution in [0.5, 0.6) is 0 Å². The molecular formula is C14H18N2O5S. The normalized spacial score (nSPS) is 26.5. The minimum Gasteiger partial charge on any atom is -0.480 e. The van der Waals surface area contributed by atoms with Crippen molar-refractivity contribution in [1.29, 1.82) is 0 Å². The van der Waals surface area contributed by atoms with E-state index < -0.39 is 35.8 Å². The molecule has 1 aliphatic carbocycles. The number of carboxylic acid groups (broad SMARTS) is 1. The molecule has 1 fully saturated rings. The van der Waals surface area contributed by atoms with E-state index in [2.05, 4.69) is 17.9 Å². The number of carbonyl (C=O) groups excluding carboxylic acids is 3. The molecule has 0 spiro atoms. The second kappa shape index (κ2) is 6.51. The van der Waals surface area contributed by atoms with Crippen molar-refractivity contribution in [1.82, 2.24) is 10.2 Å². The van der Waals surface area contributed by atoms with Crippen molar-refractivity contribution in [3.8, 4) is 0 Å². The second-order valence-electron chi connectivity index (χ2n) is 5.46. The summed E-state index contributed by atoms with van der Waals surface area (Å²) in [6.07, 6.45) is 4.72. The lowest BCUT2D eigenvalue weighted by molar-refractivity contribution is -0.148. The quantitative estimate of drug-likeness (QED) is 0.369. The van der Waals surface area contributed by atoms with Crippen molar-refractivity contribution >= 4 is 36.3 Å². The number of nitrogens with zero attached hydrogens (tertiary/aromatic N) is 1. The number of nitrogens with one attached hydrogen (secondary N) is 1. The van der Waals surface area contributed by atoms with Gasteiger partial charge in [-0.25, -0.2) is 4.79 Å². The van der Waals surface area contributed by atoms with E-state index in [4.69, 9.17) is 5.11 Å². The molecule has 22 heavy (non-hydrogen) atoms. The first kappa shape index (κ1) is 16.5. The van der Waals surface area contributed by atoms with E-state index in [9.17, 15) is 19.2 Å². The Kier molecular flexibility index (Phi) is 4.90. The third kappa shape index (κ3) is 2.87. The molecule has 3 amide bonds. The molecule has 8 heteroatoms. The summed E-state index contributed by atoms with van der Waals surface area (Å²) in [4.78, 5) is 48.7. The first-order valence-corrected chi connectivity index (χ1v) is 7.67. The van der Waals surface area contributed by atoms with Crippen molar-refractivity contribution in [3.63, 3.8) is 0 Å². The average molecular weight is 326 g/mol. The maximum atomic E-state index is 12.3. The van der Waals surface area contributed by atoms with Crippen LogP contribution >= 0.6 is 12.6 Å². The molecule has 0 aromatic heterocycles. The zero-order valence-electron chi connectivity index (χ0n) is 12.1. The van der Waals surface area contributed by atoms with E-state index in [1.165, 1.54) is 6.92 Å². The van der Waals surface area contributed by atoms with Gasteiger partial charge in [-0.2, -0.15) is 12.6 Å². The maximum Gasteiger partial charge on any atom is 0.327 e. The van der Waals surface area contributed by atoms with Crippen LogP contribution in [-0.4, -0.2) is 51.5 Å². The number of rotatable bonds is 5. The smallest absolute Gasteiger partial charge is 0.327 e. The highest BCUT2D eigenvalue weighted by Gasteiger charge is 2.50. The van der Waals surface area contributed by atoms with Crippen LogP contribution < -0.4 is 5.32 Å². The second-order valence-corrected chi connectivity index (χ2v) is 5.83. The first-order chi connectivity index (χ1) is 10.4. The Labute approximate surface area is 133 Å². The molecule has 0 aromatic rings. The van der Waals surface area contributed by atoms with Gasteiger partial charge in [0.15, 0.2) is 0 Å². The standard InChI is InChI=1S/C14H18N2O5S/c1-7(11(17)15-10(6-22)14(20)21)16-12(18)8-4-2-3-5-9(8)13(16)19/h2-3,7-10,22H,4-6H2,1H3,(H,15,17)(H,20,21)/t7-,8-,9+,10-/m0/s1. The number of aliphatic carboxylic acids is 1. The fraction of sp³-hybridized carbons (Fsp3) is 0.571. The third-order valence-corrected chi connectivity index (χ3v) is 4.47. The van der Waals surface area contributed by atoms with Crippen LogP contribution in [0.25, 0.3) is 0 Å². The molecular weight excluding hydrogens is 308 g/mol. The summed E-state index contributed by atoms with van der Waals surface area (Å²) in [5.74, 6) is -3.51. The minimum atomic E-state index is -1.22. The van der Waals surface area contributed by atoms with Gasteiger partial charge < -0.3 is 10.4 Å². The van der Waals surface area contributed by atoms with E-state index in [-0.39, 0.29) is 17.6 Å². The fourth-order valence-electron chi connectivity index (χ4n) is 2.80. The van der Waals surface area contributed by atoms with Crippen LogP contribution in [0.2, 0.25) is 0 Å². The van der Waals surface area contributed by atoms with Crippen molar-refractivity contribution < 1.29 is 24.3 Å². The van der Waals surface area contributed by atoms with Gasteiger partial charge in [-0.3, -0.25) is 19.3 Å². The predicted molar refractivity (Wildman–Crippen MR) is 80.1 cm³/mol. The van der Waals surface area contributed by atoms with Gasteiger partial charge in [-0.1, -0.05) is 12.2 Å². The number of allylic oxidation sites excluding steroid dienone is 2. The van der Waals surface area contributed by atoms with Crippen LogP contribution in [-0.2, 0) is 19.2 Å². The Hall–Kier alpha value is -1.83. The van der Waals surface area contributed by atoms with Crippen molar-refractivity contribution in [3.05, 3.63) is 12.2 Å². The molecule has 0 bridgehead atoms. The summed E-state index contributed by atoms with van der Waals surface area (Å²) in [6.45, 7) is 1.42. The average Bonchev–Trinajstić information content (AvgIpc) is 2.75. The van der Waals surface area contributed by atoms with Gasteiger partial charge in [0.05, 0.1) is 11.8 Å². The summed E-state index contributed by atoms with van der Waals surface area (Å²) in [5, 5.41) is 11.2. The Morgan fingerprint density at radius 2 is 1.82 bits per heavy atom. The van der Waals surface area contributed by atoms with E-state index in [1.807, 2.05) is 12.2 Å². The summed E-state index contributed by atoms with van der Waals surface area (Å²) in [6, 6.07) is -2.19. The zero-order valence-corrected chi connectivity index (χ0v) is 13.0. The fourth-order valence-corrected chi connectivity index (χ4v) is 3.05. The van der Waals surface area contributed by atoms with E-state index in [1.54, 1.807) is 0 Å². The molecule has 4 atom stereocenters. The van der Waals surface area contributed by atoms with Crippen LogP contribution in [0.1, 0.15) is 19.8 Å². The van der Waals surface area contributed by atoms with Gasteiger partial charge in [-0.05, 0) is 19.8 Å². The number of amides is 3. The van der Waals surface area contributed by atoms with Crippen LogP contribution in [0.3, 0.4) is 0 Å². The molecule has 2 N–H and O–H groups in total. The van der Waals surface area contributed by atoms with Gasteiger partial charge in [0.1, 0.15) is 12.1 Å².